The van der Waals surface area contributed by atoms with Gasteiger partial charge in [0.15, 0.2) is 5.82 Å². The number of anilines is 1. The van der Waals surface area contributed by atoms with Crippen LogP contribution >= 0.6 is 11.6 Å². The van der Waals surface area contributed by atoms with Crippen molar-refractivity contribution in [3.05, 3.63) is 87.3 Å². The lowest BCUT2D eigenvalue weighted by Crippen LogP contribution is -2.43. The number of aromatic nitrogens is 3. The Morgan fingerprint density at radius 1 is 1.13 bits per heavy atom. The Hall–Kier alpha value is -3.09. The number of piperidine rings is 1. The molecule has 7 heteroatoms. The van der Waals surface area contributed by atoms with E-state index in [1.165, 1.54) is 0 Å². The van der Waals surface area contributed by atoms with Crippen LogP contribution in [0.2, 0.25) is 5.02 Å². The number of nitrogens with two attached hydrogens (primary N) is 1. The standard InChI is InChI=1S/C24H24ClN5O/c25-20-11-5-4-9-17(20)13-19-22-24(31)27-14-21(16-7-2-1-3-8-16)30(22)28-23(19)29-12-6-10-18(26)15-29/h1-5,7-9,11,14,18H,6,10,12-13,15,26H2,(H,27,31)/t18-/m1/s1. The largest absolute Gasteiger partial charge is 0.353 e. The molecule has 2 aromatic heterocycles. The summed E-state index contributed by atoms with van der Waals surface area (Å²) in [6, 6.07) is 17.8. The van der Waals surface area contributed by atoms with Gasteiger partial charge in [0, 0.05) is 47.9 Å². The van der Waals surface area contributed by atoms with Crippen molar-refractivity contribution in [3.8, 4) is 11.3 Å². The first-order valence-corrected chi connectivity index (χ1v) is 10.9. The monoisotopic (exact) mass is 433 g/mol. The minimum absolute atomic E-state index is 0.0959. The number of H-pyrrole nitrogens is 1. The minimum atomic E-state index is -0.165. The van der Waals surface area contributed by atoms with Crippen molar-refractivity contribution in [2.75, 3.05) is 18.0 Å². The highest BCUT2D eigenvalue weighted by Gasteiger charge is 2.26. The topological polar surface area (TPSA) is 79.4 Å². The van der Waals surface area contributed by atoms with Gasteiger partial charge in [-0.05, 0) is 24.5 Å². The van der Waals surface area contributed by atoms with Crippen LogP contribution in [-0.4, -0.2) is 33.7 Å². The van der Waals surface area contributed by atoms with Crippen molar-refractivity contribution in [1.82, 2.24) is 14.6 Å². The highest BCUT2D eigenvalue weighted by atomic mass is 35.5. The Bertz CT molecular complexity index is 1280. The van der Waals surface area contributed by atoms with Crippen molar-refractivity contribution >= 4 is 22.9 Å². The molecule has 0 amide bonds. The first-order chi connectivity index (χ1) is 15.1. The van der Waals surface area contributed by atoms with Gasteiger partial charge < -0.3 is 15.6 Å². The van der Waals surface area contributed by atoms with Gasteiger partial charge in [-0.25, -0.2) is 4.52 Å². The third-order valence-electron chi connectivity index (χ3n) is 5.90. The van der Waals surface area contributed by atoms with Gasteiger partial charge in [0.25, 0.3) is 5.56 Å². The maximum Gasteiger partial charge on any atom is 0.274 e. The summed E-state index contributed by atoms with van der Waals surface area (Å²) < 4.78 is 1.77. The third-order valence-corrected chi connectivity index (χ3v) is 6.27. The first-order valence-electron chi connectivity index (χ1n) is 10.5. The number of aromatic amines is 1. The Morgan fingerprint density at radius 2 is 1.90 bits per heavy atom. The lowest BCUT2D eigenvalue weighted by molar-refractivity contribution is 0.502. The summed E-state index contributed by atoms with van der Waals surface area (Å²) >= 11 is 6.47. The molecule has 2 aromatic carbocycles. The molecule has 0 bridgehead atoms. The van der Waals surface area contributed by atoms with E-state index in [9.17, 15) is 4.79 Å². The van der Waals surface area contributed by atoms with Crippen LogP contribution in [0.25, 0.3) is 16.8 Å². The minimum Gasteiger partial charge on any atom is -0.353 e. The molecule has 1 aliphatic rings. The third kappa shape index (κ3) is 3.73. The molecule has 0 radical (unpaired) electrons. The van der Waals surface area contributed by atoms with Gasteiger partial charge in [0.05, 0.1) is 5.69 Å². The predicted molar refractivity (Wildman–Crippen MR) is 125 cm³/mol. The van der Waals surface area contributed by atoms with E-state index in [0.29, 0.717) is 17.0 Å². The molecule has 3 heterocycles. The van der Waals surface area contributed by atoms with Crippen LogP contribution in [0.4, 0.5) is 5.82 Å². The lowest BCUT2D eigenvalue weighted by atomic mass is 10.0. The maximum absolute atomic E-state index is 13.0. The molecule has 0 saturated carbocycles. The number of hydrogen-bond acceptors (Lipinski definition) is 4. The van der Waals surface area contributed by atoms with Crippen LogP contribution in [0.1, 0.15) is 24.0 Å². The van der Waals surface area contributed by atoms with Gasteiger partial charge in [0.1, 0.15) is 5.52 Å². The fraction of sp³-hybridized carbons (Fsp3) is 0.250. The number of nitrogens with one attached hydrogen (secondary N) is 1. The fourth-order valence-corrected chi connectivity index (χ4v) is 4.58. The first kappa shape index (κ1) is 19.8. The van der Waals surface area contributed by atoms with E-state index in [4.69, 9.17) is 22.4 Å². The Balaban J connectivity index is 1.74. The molecule has 5 rings (SSSR count). The Kier molecular flexibility index (Phi) is 5.26. The number of hydrogen-bond donors (Lipinski definition) is 2. The summed E-state index contributed by atoms with van der Waals surface area (Å²) in [5.41, 5.74) is 10.3. The van der Waals surface area contributed by atoms with Crippen molar-refractivity contribution in [2.45, 2.75) is 25.3 Å². The van der Waals surface area contributed by atoms with Gasteiger partial charge >= 0.3 is 0 Å². The van der Waals surface area contributed by atoms with Crippen molar-refractivity contribution in [3.63, 3.8) is 0 Å². The number of rotatable bonds is 4. The van der Waals surface area contributed by atoms with Crippen LogP contribution < -0.4 is 16.2 Å². The number of nitrogens with zero attached hydrogens (tertiary/aromatic N) is 3. The summed E-state index contributed by atoms with van der Waals surface area (Å²) in [6.45, 7) is 1.59. The van der Waals surface area contributed by atoms with Crippen LogP contribution in [0.15, 0.2) is 65.6 Å². The Morgan fingerprint density at radius 3 is 2.68 bits per heavy atom. The molecule has 0 aliphatic carbocycles. The quantitative estimate of drug-likeness (QED) is 0.512. The zero-order valence-electron chi connectivity index (χ0n) is 17.1. The zero-order valence-corrected chi connectivity index (χ0v) is 17.8. The average Bonchev–Trinajstić information content (AvgIpc) is 3.16. The van der Waals surface area contributed by atoms with Gasteiger partial charge in [-0.15, -0.1) is 5.10 Å². The molecular weight excluding hydrogens is 410 g/mol. The molecule has 1 saturated heterocycles. The average molecular weight is 434 g/mol. The molecule has 158 valence electrons. The summed E-state index contributed by atoms with van der Waals surface area (Å²) in [6.07, 6.45) is 4.25. The molecular formula is C24H24ClN5O. The maximum atomic E-state index is 13.0. The molecule has 4 aromatic rings. The van der Waals surface area contributed by atoms with Crippen LogP contribution in [-0.2, 0) is 6.42 Å². The van der Waals surface area contributed by atoms with Gasteiger partial charge in [0.2, 0.25) is 0 Å². The van der Waals surface area contributed by atoms with E-state index in [2.05, 4.69) is 9.88 Å². The number of benzene rings is 2. The van der Waals surface area contributed by atoms with Crippen molar-refractivity contribution < 1.29 is 0 Å². The highest BCUT2D eigenvalue weighted by molar-refractivity contribution is 6.31. The normalized spacial score (nSPS) is 16.7. The summed E-state index contributed by atoms with van der Waals surface area (Å²) in [5, 5.41) is 5.64. The summed E-state index contributed by atoms with van der Waals surface area (Å²) in [4.78, 5) is 18.2. The van der Waals surface area contributed by atoms with Crippen molar-refractivity contribution in [1.29, 1.82) is 0 Å². The molecule has 31 heavy (non-hydrogen) atoms. The van der Waals surface area contributed by atoms with Crippen LogP contribution in [0.3, 0.4) is 0 Å². The van der Waals surface area contributed by atoms with Gasteiger partial charge in [-0.1, -0.05) is 60.1 Å². The molecule has 1 atom stereocenters. The number of fused-ring (bicyclic) bond motifs is 1. The molecule has 1 fully saturated rings. The van der Waals surface area contributed by atoms with E-state index in [1.807, 2.05) is 54.6 Å². The lowest BCUT2D eigenvalue weighted by Gasteiger charge is -2.31. The molecule has 0 spiro atoms. The van der Waals surface area contributed by atoms with Gasteiger partial charge in [-0.2, -0.15) is 0 Å². The van der Waals surface area contributed by atoms with Crippen molar-refractivity contribution in [2.24, 2.45) is 5.73 Å². The second kappa shape index (κ2) is 8.21. The predicted octanol–water partition coefficient (Wildman–Crippen LogP) is 3.86. The molecule has 3 N–H and O–H groups in total. The molecule has 1 aliphatic heterocycles. The second-order valence-electron chi connectivity index (χ2n) is 8.05. The SMILES string of the molecule is N[C@@H]1CCCN(c2nn3c(-c4ccccc4)c[nH]c(=O)c3c2Cc2ccccc2Cl)C1. The van der Waals surface area contributed by atoms with Crippen LogP contribution in [0, 0.1) is 0 Å². The Labute approximate surface area is 185 Å². The van der Waals surface area contributed by atoms with E-state index in [-0.39, 0.29) is 11.6 Å². The molecule has 6 nitrogen and oxygen atoms in total. The smallest absolute Gasteiger partial charge is 0.274 e. The van der Waals surface area contributed by atoms with E-state index < -0.39 is 0 Å². The number of halogens is 1. The molecule has 0 unspecified atom stereocenters. The van der Waals surface area contributed by atoms with E-state index >= 15 is 0 Å². The highest BCUT2D eigenvalue weighted by Crippen LogP contribution is 2.31. The summed E-state index contributed by atoms with van der Waals surface area (Å²) in [7, 11) is 0. The fourth-order valence-electron chi connectivity index (χ4n) is 4.38. The van der Waals surface area contributed by atoms with Gasteiger partial charge in [-0.3, -0.25) is 4.79 Å². The summed E-state index contributed by atoms with van der Waals surface area (Å²) in [5.74, 6) is 0.809. The zero-order chi connectivity index (χ0) is 21.4. The van der Waals surface area contributed by atoms with Crippen LogP contribution in [0.5, 0.6) is 0 Å². The van der Waals surface area contributed by atoms with E-state index in [0.717, 1.165) is 54.1 Å². The second-order valence-corrected chi connectivity index (χ2v) is 8.46. The van der Waals surface area contributed by atoms with E-state index in [1.54, 1.807) is 10.7 Å².